The number of rotatable bonds is 6. The summed E-state index contributed by atoms with van der Waals surface area (Å²) in [4.78, 5) is 0. The SMILES string of the molecule is COc1cc(/C=C/c2cc(OC)c(OC)c(OC)c2)ccc1O. The molecule has 5 heteroatoms. The van der Waals surface area contributed by atoms with E-state index in [9.17, 15) is 5.11 Å². The molecule has 0 saturated carbocycles. The predicted octanol–water partition coefficient (Wildman–Crippen LogP) is 3.60. The lowest BCUT2D eigenvalue weighted by atomic mass is 10.1. The molecule has 0 bridgehead atoms. The maximum Gasteiger partial charge on any atom is 0.203 e. The fourth-order valence-corrected chi connectivity index (χ4v) is 2.19. The quantitative estimate of drug-likeness (QED) is 0.825. The van der Waals surface area contributed by atoms with Crippen molar-refractivity contribution < 1.29 is 24.1 Å². The molecule has 0 spiro atoms. The maximum absolute atomic E-state index is 9.62. The van der Waals surface area contributed by atoms with Crippen LogP contribution in [0.25, 0.3) is 12.2 Å². The Morgan fingerprint density at radius 1 is 0.696 bits per heavy atom. The summed E-state index contributed by atoms with van der Waals surface area (Å²) in [6.45, 7) is 0. The van der Waals surface area contributed by atoms with E-state index in [-0.39, 0.29) is 5.75 Å². The van der Waals surface area contributed by atoms with Crippen LogP contribution in [0.15, 0.2) is 30.3 Å². The van der Waals surface area contributed by atoms with Crippen molar-refractivity contribution >= 4 is 12.2 Å². The zero-order valence-corrected chi connectivity index (χ0v) is 13.6. The molecule has 122 valence electrons. The zero-order valence-electron chi connectivity index (χ0n) is 13.6. The molecule has 0 unspecified atom stereocenters. The highest BCUT2D eigenvalue weighted by Crippen LogP contribution is 2.38. The second-order valence-electron chi connectivity index (χ2n) is 4.72. The van der Waals surface area contributed by atoms with Gasteiger partial charge in [-0.15, -0.1) is 0 Å². The molecule has 0 aliphatic carbocycles. The summed E-state index contributed by atoms with van der Waals surface area (Å²) in [7, 11) is 6.24. The molecule has 0 saturated heterocycles. The maximum atomic E-state index is 9.62. The highest BCUT2D eigenvalue weighted by Gasteiger charge is 2.12. The predicted molar refractivity (Wildman–Crippen MR) is 89.7 cm³/mol. The normalized spacial score (nSPS) is 10.6. The molecule has 23 heavy (non-hydrogen) atoms. The Hall–Kier alpha value is -2.82. The third-order valence-electron chi connectivity index (χ3n) is 3.36. The summed E-state index contributed by atoms with van der Waals surface area (Å²) < 4.78 is 21.1. The van der Waals surface area contributed by atoms with Crippen LogP contribution in [0.2, 0.25) is 0 Å². The molecule has 0 aromatic heterocycles. The van der Waals surface area contributed by atoms with Crippen molar-refractivity contribution in [3.8, 4) is 28.7 Å². The molecule has 0 atom stereocenters. The van der Waals surface area contributed by atoms with Gasteiger partial charge in [0, 0.05) is 0 Å². The van der Waals surface area contributed by atoms with E-state index < -0.39 is 0 Å². The minimum absolute atomic E-state index is 0.109. The second kappa shape index (κ2) is 7.45. The lowest BCUT2D eigenvalue weighted by Crippen LogP contribution is -1.95. The van der Waals surface area contributed by atoms with E-state index in [0.29, 0.717) is 23.0 Å². The van der Waals surface area contributed by atoms with Gasteiger partial charge in [0.05, 0.1) is 28.4 Å². The Morgan fingerprint density at radius 3 is 1.74 bits per heavy atom. The standard InChI is InChI=1S/C18H20O5/c1-20-15-9-12(7-8-14(15)19)5-6-13-10-16(21-2)18(23-4)17(11-13)22-3/h5-11,19H,1-4H3/b6-5+. The van der Waals surface area contributed by atoms with Crippen molar-refractivity contribution in [2.45, 2.75) is 0 Å². The lowest BCUT2D eigenvalue weighted by Gasteiger charge is -2.12. The second-order valence-corrected chi connectivity index (χ2v) is 4.72. The number of hydrogen-bond acceptors (Lipinski definition) is 5. The molecule has 2 aromatic carbocycles. The van der Waals surface area contributed by atoms with E-state index in [4.69, 9.17) is 18.9 Å². The van der Waals surface area contributed by atoms with E-state index in [0.717, 1.165) is 11.1 Å². The first-order valence-corrected chi connectivity index (χ1v) is 6.98. The van der Waals surface area contributed by atoms with Crippen molar-refractivity contribution in [3.63, 3.8) is 0 Å². The Labute approximate surface area is 135 Å². The minimum atomic E-state index is 0.109. The van der Waals surface area contributed by atoms with Crippen LogP contribution >= 0.6 is 0 Å². The first-order valence-electron chi connectivity index (χ1n) is 6.98. The average molecular weight is 316 g/mol. The van der Waals surface area contributed by atoms with E-state index >= 15 is 0 Å². The summed E-state index contributed by atoms with van der Waals surface area (Å²) in [6, 6.07) is 8.86. The summed E-state index contributed by atoms with van der Waals surface area (Å²) in [6.07, 6.45) is 3.82. The number of ether oxygens (including phenoxy) is 4. The molecule has 0 aliphatic rings. The van der Waals surface area contributed by atoms with Crippen molar-refractivity contribution in [1.82, 2.24) is 0 Å². The number of methoxy groups -OCH3 is 4. The summed E-state index contributed by atoms with van der Waals surface area (Å²) >= 11 is 0. The van der Waals surface area contributed by atoms with Gasteiger partial charge in [-0.05, 0) is 35.4 Å². The van der Waals surface area contributed by atoms with Gasteiger partial charge in [-0.3, -0.25) is 0 Å². The summed E-state index contributed by atoms with van der Waals surface area (Å²) in [5.74, 6) is 2.28. The molecular formula is C18H20O5. The molecular weight excluding hydrogens is 296 g/mol. The third kappa shape index (κ3) is 3.69. The van der Waals surface area contributed by atoms with Crippen molar-refractivity contribution in [3.05, 3.63) is 41.5 Å². The van der Waals surface area contributed by atoms with Crippen LogP contribution in [0.5, 0.6) is 28.7 Å². The molecule has 5 nitrogen and oxygen atoms in total. The van der Waals surface area contributed by atoms with E-state index in [1.165, 1.54) is 7.11 Å². The minimum Gasteiger partial charge on any atom is -0.504 e. The number of hydrogen-bond donors (Lipinski definition) is 1. The van der Waals surface area contributed by atoms with Crippen LogP contribution in [0.4, 0.5) is 0 Å². The molecule has 1 N–H and O–H groups in total. The Balaban J connectivity index is 2.35. The summed E-state index contributed by atoms with van der Waals surface area (Å²) in [5, 5.41) is 9.62. The number of benzene rings is 2. The largest absolute Gasteiger partial charge is 0.504 e. The van der Waals surface area contributed by atoms with Gasteiger partial charge >= 0.3 is 0 Å². The van der Waals surface area contributed by atoms with Crippen LogP contribution < -0.4 is 18.9 Å². The number of phenolic OH excluding ortho intramolecular Hbond substituents is 1. The first kappa shape index (κ1) is 16.5. The molecule has 0 heterocycles. The smallest absolute Gasteiger partial charge is 0.203 e. The van der Waals surface area contributed by atoms with Gasteiger partial charge in [0.1, 0.15) is 0 Å². The fraction of sp³-hybridized carbons (Fsp3) is 0.222. The Bertz CT molecular complexity index is 682. The van der Waals surface area contributed by atoms with Gasteiger partial charge in [0.25, 0.3) is 0 Å². The van der Waals surface area contributed by atoms with Crippen molar-refractivity contribution in [1.29, 1.82) is 0 Å². The Morgan fingerprint density at radius 2 is 1.22 bits per heavy atom. The van der Waals surface area contributed by atoms with E-state index in [1.807, 2.05) is 24.3 Å². The van der Waals surface area contributed by atoms with Crippen LogP contribution in [-0.2, 0) is 0 Å². The van der Waals surface area contributed by atoms with Crippen LogP contribution in [0.1, 0.15) is 11.1 Å². The number of phenols is 1. The molecule has 0 fully saturated rings. The van der Waals surface area contributed by atoms with Crippen molar-refractivity contribution in [2.75, 3.05) is 28.4 Å². The van der Waals surface area contributed by atoms with Crippen molar-refractivity contribution in [2.24, 2.45) is 0 Å². The van der Waals surface area contributed by atoms with Gasteiger partial charge < -0.3 is 24.1 Å². The number of aromatic hydroxyl groups is 1. The van der Waals surface area contributed by atoms with Gasteiger partial charge in [0.15, 0.2) is 23.0 Å². The highest BCUT2D eigenvalue weighted by atomic mass is 16.5. The molecule has 2 aromatic rings. The molecule has 2 rings (SSSR count). The highest BCUT2D eigenvalue weighted by molar-refractivity contribution is 5.73. The fourth-order valence-electron chi connectivity index (χ4n) is 2.19. The van der Waals surface area contributed by atoms with Gasteiger partial charge in [-0.25, -0.2) is 0 Å². The average Bonchev–Trinajstić information content (AvgIpc) is 2.59. The summed E-state index contributed by atoms with van der Waals surface area (Å²) in [5.41, 5.74) is 1.79. The van der Waals surface area contributed by atoms with Crippen LogP contribution in [-0.4, -0.2) is 33.5 Å². The zero-order chi connectivity index (χ0) is 16.8. The van der Waals surface area contributed by atoms with Crippen LogP contribution in [0, 0.1) is 0 Å². The van der Waals surface area contributed by atoms with E-state index in [1.54, 1.807) is 39.5 Å². The molecule has 0 aliphatic heterocycles. The van der Waals surface area contributed by atoms with Gasteiger partial charge in [-0.1, -0.05) is 18.2 Å². The third-order valence-corrected chi connectivity index (χ3v) is 3.36. The van der Waals surface area contributed by atoms with Gasteiger partial charge in [0.2, 0.25) is 5.75 Å². The molecule has 0 radical (unpaired) electrons. The topological polar surface area (TPSA) is 57.2 Å². The molecule has 0 amide bonds. The van der Waals surface area contributed by atoms with Crippen LogP contribution in [0.3, 0.4) is 0 Å². The first-order chi connectivity index (χ1) is 11.1. The van der Waals surface area contributed by atoms with Gasteiger partial charge in [-0.2, -0.15) is 0 Å². The lowest BCUT2D eigenvalue weighted by molar-refractivity contribution is 0.324. The van der Waals surface area contributed by atoms with E-state index in [2.05, 4.69) is 0 Å². The monoisotopic (exact) mass is 316 g/mol. The Kier molecular flexibility index (Phi) is 5.36.